The van der Waals surface area contributed by atoms with E-state index in [1.165, 1.54) is 31.7 Å². The summed E-state index contributed by atoms with van der Waals surface area (Å²) in [5.41, 5.74) is 2.94. The van der Waals surface area contributed by atoms with Crippen LogP contribution < -0.4 is 15.4 Å². The predicted molar refractivity (Wildman–Crippen MR) is 126 cm³/mol. The first kappa shape index (κ1) is 23.0. The molecule has 1 aromatic carbocycles. The first-order valence-corrected chi connectivity index (χ1v) is 10.8. The molecule has 0 spiro atoms. The SMILES string of the molecule is CNC(=O)c1ccnc2c(CCNc3cc(-c4cnc(OC(C)C)nc4)ncn3)ccc(F)c12. The number of pyridine rings is 1. The van der Waals surface area contributed by atoms with Gasteiger partial charge in [0.2, 0.25) is 0 Å². The molecule has 0 saturated carbocycles. The van der Waals surface area contributed by atoms with E-state index in [4.69, 9.17) is 4.74 Å². The molecule has 0 radical (unpaired) electrons. The number of amides is 1. The number of anilines is 1. The van der Waals surface area contributed by atoms with Crippen LogP contribution in [0.5, 0.6) is 6.01 Å². The van der Waals surface area contributed by atoms with Crippen LogP contribution in [0.2, 0.25) is 0 Å². The van der Waals surface area contributed by atoms with Crippen molar-refractivity contribution in [1.82, 2.24) is 30.2 Å². The molecule has 0 aliphatic rings. The van der Waals surface area contributed by atoms with Crippen molar-refractivity contribution in [2.24, 2.45) is 0 Å². The number of carbonyl (C=O) groups is 1. The van der Waals surface area contributed by atoms with Gasteiger partial charge in [0.05, 0.1) is 22.9 Å². The summed E-state index contributed by atoms with van der Waals surface area (Å²) in [5, 5.41) is 6.01. The molecule has 0 unspecified atom stereocenters. The molecule has 174 valence electrons. The maximum atomic E-state index is 14.5. The number of carbonyl (C=O) groups excluding carboxylic acids is 1. The summed E-state index contributed by atoms with van der Waals surface area (Å²) in [6.45, 7) is 4.33. The number of hydrogen-bond donors (Lipinski definition) is 2. The zero-order chi connectivity index (χ0) is 24.1. The van der Waals surface area contributed by atoms with Gasteiger partial charge in [-0.25, -0.2) is 24.3 Å². The number of nitrogens with one attached hydrogen (secondary N) is 2. The second-order valence-electron chi connectivity index (χ2n) is 7.75. The number of fused-ring (bicyclic) bond motifs is 1. The minimum atomic E-state index is -0.481. The van der Waals surface area contributed by atoms with E-state index in [1.807, 2.05) is 13.8 Å². The highest BCUT2D eigenvalue weighted by atomic mass is 19.1. The molecule has 9 nitrogen and oxygen atoms in total. The van der Waals surface area contributed by atoms with Crippen molar-refractivity contribution in [2.45, 2.75) is 26.4 Å². The van der Waals surface area contributed by atoms with Crippen LogP contribution in [0.4, 0.5) is 10.2 Å². The number of aromatic nitrogens is 5. The molecular formula is C24H24FN7O2. The van der Waals surface area contributed by atoms with Crippen molar-refractivity contribution < 1.29 is 13.9 Å². The molecule has 10 heteroatoms. The highest BCUT2D eigenvalue weighted by Gasteiger charge is 2.15. The largest absolute Gasteiger partial charge is 0.461 e. The van der Waals surface area contributed by atoms with Crippen molar-refractivity contribution in [1.29, 1.82) is 0 Å². The normalized spacial score (nSPS) is 11.0. The molecule has 0 fully saturated rings. The number of rotatable bonds is 8. The van der Waals surface area contributed by atoms with Gasteiger partial charge in [-0.1, -0.05) is 6.07 Å². The lowest BCUT2D eigenvalue weighted by molar-refractivity contribution is 0.0964. The molecule has 4 aromatic rings. The average Bonchev–Trinajstić information content (AvgIpc) is 2.85. The third-order valence-electron chi connectivity index (χ3n) is 5.03. The Balaban J connectivity index is 1.48. The fraction of sp³-hybridized carbons (Fsp3) is 0.250. The number of halogens is 1. The van der Waals surface area contributed by atoms with E-state index in [2.05, 4.69) is 35.6 Å². The zero-order valence-electron chi connectivity index (χ0n) is 19.0. The van der Waals surface area contributed by atoms with Gasteiger partial charge in [-0.15, -0.1) is 0 Å². The average molecular weight is 462 g/mol. The molecule has 1 amide bonds. The van der Waals surface area contributed by atoms with Crippen LogP contribution in [0, 0.1) is 5.82 Å². The first-order valence-electron chi connectivity index (χ1n) is 10.8. The van der Waals surface area contributed by atoms with Gasteiger partial charge in [-0.2, -0.15) is 0 Å². The third kappa shape index (κ3) is 5.06. The maximum Gasteiger partial charge on any atom is 0.316 e. The molecule has 0 saturated heterocycles. The van der Waals surface area contributed by atoms with Crippen molar-refractivity contribution >= 4 is 22.6 Å². The van der Waals surface area contributed by atoms with Gasteiger partial charge in [0.1, 0.15) is 18.0 Å². The van der Waals surface area contributed by atoms with E-state index in [0.717, 1.165) is 11.1 Å². The quantitative estimate of drug-likeness (QED) is 0.410. The second kappa shape index (κ2) is 10.2. The van der Waals surface area contributed by atoms with E-state index < -0.39 is 5.82 Å². The smallest absolute Gasteiger partial charge is 0.316 e. The number of nitrogens with zero attached hydrogens (tertiary/aromatic N) is 5. The summed E-state index contributed by atoms with van der Waals surface area (Å²) < 4.78 is 20.0. The van der Waals surface area contributed by atoms with E-state index in [1.54, 1.807) is 24.5 Å². The van der Waals surface area contributed by atoms with Gasteiger partial charge in [0.25, 0.3) is 5.91 Å². The Bertz CT molecular complexity index is 1310. The number of hydrogen-bond acceptors (Lipinski definition) is 8. The summed E-state index contributed by atoms with van der Waals surface area (Å²) in [7, 11) is 1.51. The van der Waals surface area contributed by atoms with Gasteiger partial charge in [-0.3, -0.25) is 9.78 Å². The molecule has 0 bridgehead atoms. The van der Waals surface area contributed by atoms with Crippen molar-refractivity contribution in [3.05, 3.63) is 66.1 Å². The molecule has 4 rings (SSSR count). The lowest BCUT2D eigenvalue weighted by Gasteiger charge is -2.11. The maximum absolute atomic E-state index is 14.5. The van der Waals surface area contributed by atoms with Gasteiger partial charge in [0.15, 0.2) is 0 Å². The fourth-order valence-electron chi connectivity index (χ4n) is 3.47. The van der Waals surface area contributed by atoms with Gasteiger partial charge >= 0.3 is 6.01 Å². The molecule has 2 N–H and O–H groups in total. The lowest BCUT2D eigenvalue weighted by Crippen LogP contribution is -2.18. The molecule has 0 aliphatic carbocycles. The van der Waals surface area contributed by atoms with Crippen LogP contribution in [0.15, 0.2) is 49.2 Å². The minimum Gasteiger partial charge on any atom is -0.461 e. The zero-order valence-corrected chi connectivity index (χ0v) is 19.0. The van der Waals surface area contributed by atoms with Gasteiger partial charge in [0, 0.05) is 49.2 Å². The Morgan fingerprint density at radius 2 is 1.88 bits per heavy atom. The second-order valence-corrected chi connectivity index (χ2v) is 7.75. The molecule has 0 atom stereocenters. The van der Waals surface area contributed by atoms with Crippen molar-refractivity contribution in [3.63, 3.8) is 0 Å². The fourth-order valence-corrected chi connectivity index (χ4v) is 3.47. The highest BCUT2D eigenvalue weighted by molar-refractivity contribution is 6.06. The minimum absolute atomic E-state index is 0.00970. The van der Waals surface area contributed by atoms with E-state index >= 15 is 0 Å². The summed E-state index contributed by atoms with van der Waals surface area (Å²) in [5.74, 6) is -0.216. The first-order chi connectivity index (χ1) is 16.5. The summed E-state index contributed by atoms with van der Waals surface area (Å²) in [6.07, 6.45) is 6.81. The van der Waals surface area contributed by atoms with Gasteiger partial charge < -0.3 is 15.4 Å². The molecular weight excluding hydrogens is 437 g/mol. The summed E-state index contributed by atoms with van der Waals surface area (Å²) >= 11 is 0. The van der Waals surface area contributed by atoms with Crippen LogP contribution in [-0.2, 0) is 6.42 Å². The molecule has 0 aliphatic heterocycles. The molecule has 3 aromatic heterocycles. The Kier molecular flexibility index (Phi) is 6.86. The Morgan fingerprint density at radius 3 is 2.62 bits per heavy atom. The van der Waals surface area contributed by atoms with E-state index in [0.29, 0.717) is 36.0 Å². The van der Waals surface area contributed by atoms with Crippen LogP contribution >= 0.6 is 0 Å². The monoisotopic (exact) mass is 461 g/mol. The van der Waals surface area contributed by atoms with E-state index in [9.17, 15) is 9.18 Å². The van der Waals surface area contributed by atoms with Gasteiger partial charge in [-0.05, 0) is 38.0 Å². The molecule has 34 heavy (non-hydrogen) atoms. The Labute approximate surface area is 195 Å². The Morgan fingerprint density at radius 1 is 1.09 bits per heavy atom. The third-order valence-corrected chi connectivity index (χ3v) is 5.03. The standard InChI is InChI=1S/C24H24FN7O2/c1-14(2)34-24-29-11-16(12-30-24)19-10-20(32-13-31-19)27-8-6-15-4-5-18(25)21-17(23(33)26-3)7-9-28-22(15)21/h4-5,7,9-14H,6,8H2,1-3H3,(H,26,33)(H,27,31,32). The van der Waals surface area contributed by atoms with Crippen LogP contribution in [0.3, 0.4) is 0 Å². The van der Waals surface area contributed by atoms with E-state index in [-0.39, 0.29) is 23.0 Å². The molecule has 3 heterocycles. The van der Waals surface area contributed by atoms with Crippen LogP contribution in [0.25, 0.3) is 22.2 Å². The summed E-state index contributed by atoms with van der Waals surface area (Å²) in [6, 6.07) is 6.67. The Hall–Kier alpha value is -4.21. The number of benzene rings is 1. The van der Waals surface area contributed by atoms with Crippen molar-refractivity contribution in [2.75, 3.05) is 18.9 Å². The lowest BCUT2D eigenvalue weighted by atomic mass is 10.0. The van der Waals surface area contributed by atoms with Crippen LogP contribution in [0.1, 0.15) is 29.8 Å². The summed E-state index contributed by atoms with van der Waals surface area (Å²) in [4.78, 5) is 33.5. The van der Waals surface area contributed by atoms with Crippen molar-refractivity contribution in [3.8, 4) is 17.3 Å². The highest BCUT2D eigenvalue weighted by Crippen LogP contribution is 2.24. The predicted octanol–water partition coefficient (Wildman–Crippen LogP) is 3.42. The number of ether oxygens (including phenoxy) is 1. The topological polar surface area (TPSA) is 115 Å². The van der Waals surface area contributed by atoms with Crippen LogP contribution in [-0.4, -0.2) is 50.5 Å².